The van der Waals surface area contributed by atoms with Crippen molar-refractivity contribution < 1.29 is 28.6 Å². The number of likely N-dealkylation sites (tertiary alicyclic amines) is 1. The molecule has 3 amide bonds. The topological polar surface area (TPSA) is 97.4 Å². The van der Waals surface area contributed by atoms with Gasteiger partial charge in [-0.05, 0) is 49.2 Å². The molecule has 208 valence electrons. The second kappa shape index (κ2) is 11.7. The van der Waals surface area contributed by atoms with Crippen molar-refractivity contribution in [1.82, 2.24) is 15.1 Å². The molecule has 3 aliphatic heterocycles. The first kappa shape index (κ1) is 27.7. The highest BCUT2D eigenvalue weighted by atomic mass is 35.5. The van der Waals surface area contributed by atoms with Gasteiger partial charge in [0.2, 0.25) is 5.91 Å². The van der Waals surface area contributed by atoms with Crippen LogP contribution in [0.15, 0.2) is 42.5 Å². The van der Waals surface area contributed by atoms with Gasteiger partial charge in [0.25, 0.3) is 11.8 Å². The summed E-state index contributed by atoms with van der Waals surface area (Å²) in [4.78, 5) is 43.7. The minimum Gasteiger partial charge on any atom is -0.497 e. The third kappa shape index (κ3) is 5.72. The lowest BCUT2D eigenvalue weighted by Crippen LogP contribution is -2.60. The van der Waals surface area contributed by atoms with Gasteiger partial charge in [-0.1, -0.05) is 29.3 Å². The van der Waals surface area contributed by atoms with Crippen molar-refractivity contribution in [3.63, 3.8) is 0 Å². The summed E-state index contributed by atoms with van der Waals surface area (Å²) in [5.41, 5.74) is -0.200. The average molecular weight is 576 g/mol. The van der Waals surface area contributed by atoms with Crippen LogP contribution in [0.4, 0.5) is 0 Å². The lowest BCUT2D eigenvalue weighted by Gasteiger charge is -2.44. The largest absolute Gasteiger partial charge is 0.497 e. The molecule has 2 atom stereocenters. The van der Waals surface area contributed by atoms with Gasteiger partial charge in [-0.3, -0.25) is 19.3 Å². The molecule has 2 unspecified atom stereocenters. The highest BCUT2D eigenvalue weighted by Crippen LogP contribution is 2.39. The third-order valence-electron chi connectivity index (χ3n) is 7.63. The lowest BCUT2D eigenvalue weighted by molar-refractivity contribution is -0.128. The molecule has 0 aliphatic carbocycles. The molecule has 3 aliphatic rings. The molecule has 0 saturated carbocycles. The van der Waals surface area contributed by atoms with E-state index in [1.54, 1.807) is 52.3 Å². The standard InChI is InChI=1S/C28H31Cl2N3O6/c1-37-20-5-2-4-18(14-20)27(36)33-24(25(34)31-16-21-6-3-13-38-21)17-39-28(33)9-11-32(12-10-28)26(35)19-7-8-22(29)23(30)15-19/h2,4-5,7-8,14-15,21,24H,3,6,9-13,16-17H2,1H3,(H,31,34). The van der Waals surface area contributed by atoms with Crippen molar-refractivity contribution in [2.24, 2.45) is 0 Å². The first-order valence-electron chi connectivity index (χ1n) is 13.1. The molecule has 3 heterocycles. The monoisotopic (exact) mass is 575 g/mol. The molecule has 2 aromatic carbocycles. The van der Waals surface area contributed by atoms with Gasteiger partial charge < -0.3 is 24.4 Å². The number of benzene rings is 2. The minimum absolute atomic E-state index is 0.0246. The Labute approximate surface area is 237 Å². The van der Waals surface area contributed by atoms with Crippen LogP contribution in [0.1, 0.15) is 46.4 Å². The Morgan fingerprint density at radius 2 is 1.82 bits per heavy atom. The summed E-state index contributed by atoms with van der Waals surface area (Å²) >= 11 is 12.1. The van der Waals surface area contributed by atoms with Crippen LogP contribution in [0.3, 0.4) is 0 Å². The second-order valence-electron chi connectivity index (χ2n) is 9.98. The van der Waals surface area contributed by atoms with Crippen molar-refractivity contribution in [2.45, 2.75) is 43.6 Å². The summed E-state index contributed by atoms with van der Waals surface area (Å²) < 4.78 is 17.2. The molecule has 1 N–H and O–H groups in total. The van der Waals surface area contributed by atoms with E-state index in [-0.39, 0.29) is 30.4 Å². The molecule has 0 bridgehead atoms. The van der Waals surface area contributed by atoms with Crippen molar-refractivity contribution in [3.05, 3.63) is 63.6 Å². The Morgan fingerprint density at radius 1 is 1.05 bits per heavy atom. The highest BCUT2D eigenvalue weighted by Gasteiger charge is 2.54. The van der Waals surface area contributed by atoms with Gasteiger partial charge in [0, 0.05) is 50.2 Å². The predicted molar refractivity (Wildman–Crippen MR) is 145 cm³/mol. The minimum atomic E-state index is -1.03. The number of nitrogens with zero attached hydrogens (tertiary/aromatic N) is 2. The molecule has 0 radical (unpaired) electrons. The Morgan fingerprint density at radius 3 is 2.51 bits per heavy atom. The van der Waals surface area contributed by atoms with E-state index in [4.69, 9.17) is 37.4 Å². The lowest BCUT2D eigenvalue weighted by atomic mass is 9.96. The molecule has 0 aromatic heterocycles. The van der Waals surface area contributed by atoms with E-state index in [1.165, 1.54) is 7.11 Å². The maximum absolute atomic E-state index is 13.9. The molecular weight excluding hydrogens is 545 g/mol. The molecule has 1 spiro atoms. The number of amides is 3. The van der Waals surface area contributed by atoms with Gasteiger partial charge in [-0.25, -0.2) is 0 Å². The number of carbonyl (C=O) groups is 3. The van der Waals surface area contributed by atoms with Crippen LogP contribution in [0, 0.1) is 0 Å². The fourth-order valence-electron chi connectivity index (χ4n) is 5.47. The van der Waals surface area contributed by atoms with Gasteiger partial charge in [0.05, 0.1) is 29.9 Å². The summed E-state index contributed by atoms with van der Waals surface area (Å²) in [6, 6.07) is 10.8. The number of halogens is 2. The maximum Gasteiger partial charge on any atom is 0.257 e. The van der Waals surface area contributed by atoms with Gasteiger partial charge in [-0.2, -0.15) is 0 Å². The Kier molecular flexibility index (Phi) is 8.32. The van der Waals surface area contributed by atoms with E-state index in [0.717, 1.165) is 12.8 Å². The molecule has 9 nitrogen and oxygen atoms in total. The van der Waals surface area contributed by atoms with Crippen LogP contribution >= 0.6 is 23.2 Å². The Bertz CT molecular complexity index is 1240. The molecule has 11 heteroatoms. The molecule has 3 saturated heterocycles. The molecule has 3 fully saturated rings. The van der Waals surface area contributed by atoms with E-state index >= 15 is 0 Å². The summed E-state index contributed by atoms with van der Waals surface area (Å²) in [5, 5.41) is 3.64. The molecule has 39 heavy (non-hydrogen) atoms. The zero-order valence-electron chi connectivity index (χ0n) is 21.7. The Balaban J connectivity index is 1.36. The van der Waals surface area contributed by atoms with Gasteiger partial charge >= 0.3 is 0 Å². The molecular formula is C28H31Cl2N3O6. The van der Waals surface area contributed by atoms with E-state index < -0.39 is 11.8 Å². The number of rotatable bonds is 6. The van der Waals surface area contributed by atoms with Crippen LogP contribution in [0.5, 0.6) is 5.75 Å². The first-order chi connectivity index (χ1) is 18.8. The zero-order valence-corrected chi connectivity index (χ0v) is 23.2. The van der Waals surface area contributed by atoms with Crippen LogP contribution in [-0.4, -0.2) is 85.3 Å². The van der Waals surface area contributed by atoms with E-state index in [9.17, 15) is 14.4 Å². The van der Waals surface area contributed by atoms with Crippen LogP contribution < -0.4 is 10.1 Å². The van der Waals surface area contributed by atoms with Gasteiger partial charge in [0.15, 0.2) is 0 Å². The average Bonchev–Trinajstić information content (AvgIpc) is 3.61. The number of nitrogens with one attached hydrogen (secondary N) is 1. The third-order valence-corrected chi connectivity index (χ3v) is 8.36. The summed E-state index contributed by atoms with van der Waals surface area (Å²) in [7, 11) is 1.53. The number of ether oxygens (including phenoxy) is 3. The quantitative estimate of drug-likeness (QED) is 0.563. The molecule has 2 aromatic rings. The fraction of sp³-hybridized carbons (Fsp3) is 0.464. The SMILES string of the molecule is COc1cccc(C(=O)N2C(C(=O)NCC3CCCO3)COC23CCN(C(=O)c2ccc(Cl)c(Cl)c2)CC3)c1. The smallest absolute Gasteiger partial charge is 0.257 e. The normalized spacial score (nSPS) is 22.2. The van der Waals surface area contributed by atoms with Crippen LogP contribution in [-0.2, 0) is 14.3 Å². The summed E-state index contributed by atoms with van der Waals surface area (Å²) in [5.74, 6) is -0.254. The van der Waals surface area contributed by atoms with Gasteiger partial charge in [0.1, 0.15) is 17.5 Å². The summed E-state index contributed by atoms with van der Waals surface area (Å²) in [6.45, 7) is 1.81. The van der Waals surface area contributed by atoms with Crippen molar-refractivity contribution >= 4 is 40.9 Å². The van der Waals surface area contributed by atoms with Crippen molar-refractivity contribution in [1.29, 1.82) is 0 Å². The van der Waals surface area contributed by atoms with Crippen molar-refractivity contribution in [3.8, 4) is 5.75 Å². The summed E-state index contributed by atoms with van der Waals surface area (Å²) in [6.07, 6.45) is 2.54. The Hall–Kier alpha value is -2.85. The maximum atomic E-state index is 13.9. The molecule has 5 rings (SSSR count). The number of carbonyl (C=O) groups excluding carboxylic acids is 3. The first-order valence-corrected chi connectivity index (χ1v) is 13.8. The number of hydrogen-bond acceptors (Lipinski definition) is 6. The number of methoxy groups -OCH3 is 1. The van der Waals surface area contributed by atoms with E-state index in [1.807, 2.05) is 0 Å². The van der Waals surface area contributed by atoms with Crippen LogP contribution in [0.2, 0.25) is 10.0 Å². The van der Waals surface area contributed by atoms with Crippen LogP contribution in [0.25, 0.3) is 0 Å². The van der Waals surface area contributed by atoms with Crippen molar-refractivity contribution in [2.75, 3.05) is 40.0 Å². The zero-order chi connectivity index (χ0) is 27.6. The highest BCUT2D eigenvalue weighted by molar-refractivity contribution is 6.42. The fourth-order valence-corrected chi connectivity index (χ4v) is 5.77. The predicted octanol–water partition coefficient (Wildman–Crippen LogP) is 3.77. The second-order valence-corrected chi connectivity index (χ2v) is 10.8. The van der Waals surface area contributed by atoms with E-state index in [2.05, 4.69) is 5.32 Å². The van der Waals surface area contributed by atoms with E-state index in [0.29, 0.717) is 66.0 Å². The van der Waals surface area contributed by atoms with Gasteiger partial charge in [-0.15, -0.1) is 0 Å². The number of hydrogen-bond donors (Lipinski definition) is 1. The number of piperidine rings is 1.